The fourth-order valence-electron chi connectivity index (χ4n) is 2.77. The Kier molecular flexibility index (Phi) is 2.62. The van der Waals surface area contributed by atoms with Gasteiger partial charge in [-0.15, -0.1) is 0 Å². The number of esters is 1. The molecule has 1 spiro atoms. The van der Waals surface area contributed by atoms with E-state index in [1.807, 2.05) is 0 Å². The first kappa shape index (κ1) is 13.3. The summed E-state index contributed by atoms with van der Waals surface area (Å²) in [6, 6.07) is 0. The zero-order valence-corrected chi connectivity index (χ0v) is 11.4. The highest BCUT2D eigenvalue weighted by Gasteiger charge is 2.58. The number of hydrazone groups is 1. The number of fused-ring (bicyclic) bond motifs is 2. The second-order valence-electron chi connectivity index (χ2n) is 4.90. The fourth-order valence-corrected chi connectivity index (χ4v) is 2.77. The SMILES string of the molecule is CN1N=C(C(=O)O)C2(CCOC2=O)c2c1cnn(C)c2=O. The number of hydrogen-bond donors (Lipinski definition) is 1. The van der Waals surface area contributed by atoms with E-state index in [1.165, 1.54) is 25.3 Å². The zero-order valence-electron chi connectivity index (χ0n) is 11.4. The van der Waals surface area contributed by atoms with Gasteiger partial charge >= 0.3 is 11.9 Å². The van der Waals surface area contributed by atoms with Crippen LogP contribution in [0.4, 0.5) is 5.69 Å². The Morgan fingerprint density at radius 2 is 2.14 bits per heavy atom. The van der Waals surface area contributed by atoms with E-state index < -0.39 is 28.6 Å². The van der Waals surface area contributed by atoms with Crippen LogP contribution in [0.5, 0.6) is 0 Å². The number of carbonyl (C=O) groups is 2. The molecule has 0 bridgehead atoms. The third kappa shape index (κ3) is 1.54. The van der Waals surface area contributed by atoms with E-state index in [9.17, 15) is 19.5 Å². The largest absolute Gasteiger partial charge is 0.477 e. The second-order valence-corrected chi connectivity index (χ2v) is 4.90. The molecule has 1 aromatic rings. The highest BCUT2D eigenvalue weighted by atomic mass is 16.5. The van der Waals surface area contributed by atoms with Crippen molar-refractivity contribution in [2.24, 2.45) is 12.1 Å². The summed E-state index contributed by atoms with van der Waals surface area (Å²) in [5, 5.41) is 18.5. The monoisotopic (exact) mass is 292 g/mol. The summed E-state index contributed by atoms with van der Waals surface area (Å²) >= 11 is 0. The van der Waals surface area contributed by atoms with E-state index in [0.717, 1.165) is 4.68 Å². The molecule has 9 nitrogen and oxygen atoms in total. The molecule has 9 heteroatoms. The van der Waals surface area contributed by atoms with Crippen LogP contribution in [0, 0.1) is 0 Å². The molecule has 110 valence electrons. The Morgan fingerprint density at radius 1 is 1.43 bits per heavy atom. The van der Waals surface area contributed by atoms with E-state index in [1.54, 1.807) is 0 Å². The van der Waals surface area contributed by atoms with Crippen molar-refractivity contribution < 1.29 is 19.4 Å². The predicted molar refractivity (Wildman–Crippen MR) is 70.2 cm³/mol. The van der Waals surface area contributed by atoms with Crippen LogP contribution in [0.3, 0.4) is 0 Å². The highest BCUT2D eigenvalue weighted by Crippen LogP contribution is 2.41. The van der Waals surface area contributed by atoms with Gasteiger partial charge in [0.15, 0.2) is 11.1 Å². The topological polar surface area (TPSA) is 114 Å². The third-order valence-corrected chi connectivity index (χ3v) is 3.81. The van der Waals surface area contributed by atoms with Gasteiger partial charge in [-0.25, -0.2) is 9.48 Å². The van der Waals surface area contributed by atoms with Crippen molar-refractivity contribution in [3.63, 3.8) is 0 Å². The second kappa shape index (κ2) is 4.14. The molecule has 0 saturated carbocycles. The van der Waals surface area contributed by atoms with Crippen LogP contribution in [0.25, 0.3) is 0 Å². The number of hydrogen-bond acceptors (Lipinski definition) is 7. The smallest absolute Gasteiger partial charge is 0.353 e. The summed E-state index contributed by atoms with van der Waals surface area (Å²) in [5.74, 6) is -2.12. The average molecular weight is 292 g/mol. The first-order valence-corrected chi connectivity index (χ1v) is 6.19. The minimum Gasteiger partial charge on any atom is -0.477 e. The number of carbonyl (C=O) groups excluding carboxylic acids is 1. The predicted octanol–water partition coefficient (Wildman–Crippen LogP) is -1.14. The van der Waals surface area contributed by atoms with Crippen molar-refractivity contribution >= 4 is 23.3 Å². The molecule has 0 amide bonds. The lowest BCUT2D eigenvalue weighted by molar-refractivity contribution is -0.142. The number of aromatic nitrogens is 2. The molecule has 1 unspecified atom stereocenters. The molecule has 1 aromatic heterocycles. The Hall–Kier alpha value is -2.71. The maximum Gasteiger partial charge on any atom is 0.353 e. The summed E-state index contributed by atoms with van der Waals surface area (Å²) in [6.45, 7) is 0.0414. The van der Waals surface area contributed by atoms with Gasteiger partial charge in [-0.3, -0.25) is 14.6 Å². The maximum absolute atomic E-state index is 12.5. The van der Waals surface area contributed by atoms with Gasteiger partial charge in [-0.1, -0.05) is 0 Å². The molecule has 1 fully saturated rings. The molecule has 0 aromatic carbocycles. The van der Waals surface area contributed by atoms with Crippen LogP contribution in [-0.4, -0.2) is 46.2 Å². The van der Waals surface area contributed by atoms with Gasteiger partial charge in [0.1, 0.15) is 0 Å². The van der Waals surface area contributed by atoms with E-state index in [2.05, 4.69) is 10.2 Å². The number of anilines is 1. The van der Waals surface area contributed by atoms with Crippen LogP contribution < -0.4 is 10.6 Å². The van der Waals surface area contributed by atoms with Crippen molar-refractivity contribution in [1.29, 1.82) is 0 Å². The average Bonchev–Trinajstić information content (AvgIpc) is 2.79. The van der Waals surface area contributed by atoms with Gasteiger partial charge in [0.25, 0.3) is 5.56 Å². The van der Waals surface area contributed by atoms with Crippen LogP contribution >= 0.6 is 0 Å². The van der Waals surface area contributed by atoms with Gasteiger partial charge < -0.3 is 9.84 Å². The number of carboxylic acid groups (broad SMARTS) is 1. The molecule has 1 atom stereocenters. The van der Waals surface area contributed by atoms with Crippen LogP contribution in [0.2, 0.25) is 0 Å². The van der Waals surface area contributed by atoms with Gasteiger partial charge in [-0.05, 0) is 0 Å². The van der Waals surface area contributed by atoms with E-state index in [4.69, 9.17) is 4.74 Å². The molecule has 2 aliphatic heterocycles. The van der Waals surface area contributed by atoms with Crippen molar-refractivity contribution in [2.45, 2.75) is 11.8 Å². The molecule has 3 rings (SSSR count). The van der Waals surface area contributed by atoms with Gasteiger partial charge in [0.05, 0.1) is 24.1 Å². The summed E-state index contributed by atoms with van der Waals surface area (Å²) in [5.41, 5.74) is -2.24. The highest BCUT2D eigenvalue weighted by molar-refractivity contribution is 6.45. The van der Waals surface area contributed by atoms with Crippen molar-refractivity contribution in [3.05, 3.63) is 22.1 Å². The zero-order chi connectivity index (χ0) is 15.4. The lowest BCUT2D eigenvalue weighted by Crippen LogP contribution is -2.52. The fraction of sp³-hybridized carbons (Fsp3) is 0.417. The Balaban J connectivity index is 2.42. The van der Waals surface area contributed by atoms with E-state index in [-0.39, 0.29) is 18.6 Å². The number of aliphatic carboxylic acids is 1. The third-order valence-electron chi connectivity index (χ3n) is 3.81. The minimum absolute atomic E-state index is 0.0414. The van der Waals surface area contributed by atoms with Gasteiger partial charge in [0, 0.05) is 20.5 Å². The first-order chi connectivity index (χ1) is 9.89. The molecule has 0 radical (unpaired) electrons. The first-order valence-electron chi connectivity index (χ1n) is 6.19. The van der Waals surface area contributed by atoms with Gasteiger partial charge in [0.2, 0.25) is 0 Å². The summed E-state index contributed by atoms with van der Waals surface area (Å²) < 4.78 is 6.00. The number of rotatable bonds is 1. The number of aryl methyl sites for hydroxylation is 1. The summed E-state index contributed by atoms with van der Waals surface area (Å²) in [4.78, 5) is 36.2. The van der Waals surface area contributed by atoms with Crippen LogP contribution in [0.1, 0.15) is 12.0 Å². The standard InChI is InChI=1S/C12H12N4O5/c1-15-6-5-13-16(2)9(17)7(6)12(3-4-21-11(12)20)8(14-15)10(18)19/h5H,3-4H2,1-2H3,(H,18,19). The minimum atomic E-state index is -1.66. The molecule has 21 heavy (non-hydrogen) atoms. The number of ether oxygens (including phenoxy) is 1. The normalized spacial score (nSPS) is 23.8. The van der Waals surface area contributed by atoms with Crippen molar-refractivity contribution in [1.82, 2.24) is 9.78 Å². The number of nitrogens with zero attached hydrogens (tertiary/aromatic N) is 4. The molecule has 0 aliphatic carbocycles. The van der Waals surface area contributed by atoms with E-state index >= 15 is 0 Å². The molecular formula is C12H12N4O5. The number of carboxylic acids is 1. The van der Waals surface area contributed by atoms with Crippen molar-refractivity contribution in [2.75, 3.05) is 18.7 Å². The molecule has 1 saturated heterocycles. The molecule has 1 N–H and O–H groups in total. The van der Waals surface area contributed by atoms with Crippen molar-refractivity contribution in [3.8, 4) is 0 Å². The summed E-state index contributed by atoms with van der Waals surface area (Å²) in [7, 11) is 2.93. The maximum atomic E-state index is 12.5. The Labute approximate surface area is 118 Å². The van der Waals surface area contributed by atoms with Gasteiger partial charge in [-0.2, -0.15) is 10.2 Å². The van der Waals surface area contributed by atoms with Crippen LogP contribution in [0.15, 0.2) is 16.1 Å². The lowest BCUT2D eigenvalue weighted by Gasteiger charge is -2.33. The summed E-state index contributed by atoms with van der Waals surface area (Å²) in [6.07, 6.45) is 1.45. The number of cyclic esters (lactones) is 1. The van der Waals surface area contributed by atoms with E-state index in [0.29, 0.717) is 5.69 Å². The molecule has 3 heterocycles. The Bertz CT molecular complexity index is 753. The Morgan fingerprint density at radius 3 is 2.71 bits per heavy atom. The lowest BCUT2D eigenvalue weighted by atomic mass is 9.74. The molecular weight excluding hydrogens is 280 g/mol. The molecule has 2 aliphatic rings. The van der Waals surface area contributed by atoms with Crippen LogP contribution in [-0.2, 0) is 26.8 Å². The quantitative estimate of drug-likeness (QED) is 0.650.